The largest absolute Gasteiger partial charge is 0.496 e. The lowest BCUT2D eigenvalue weighted by molar-refractivity contribution is 0.415. The van der Waals surface area contributed by atoms with Crippen LogP contribution in [0, 0.1) is 0 Å². The Morgan fingerprint density at radius 2 is 2.10 bits per heavy atom. The summed E-state index contributed by atoms with van der Waals surface area (Å²) >= 11 is 0. The van der Waals surface area contributed by atoms with Gasteiger partial charge in [-0.2, -0.15) is 5.10 Å². The quantitative estimate of drug-likeness (QED) is 0.907. The fourth-order valence-corrected chi connectivity index (χ4v) is 2.17. The molecule has 2 rings (SSSR count). The van der Waals surface area contributed by atoms with Crippen LogP contribution in [-0.4, -0.2) is 28.4 Å². The maximum atomic E-state index is 5.56. The molecule has 0 aliphatic heterocycles. The zero-order valence-corrected chi connectivity index (χ0v) is 12.6. The average Bonchev–Trinajstić information content (AvgIpc) is 2.79. The molecule has 0 bridgehead atoms. The molecule has 0 spiro atoms. The molecular formula is C15H22N4O. The maximum Gasteiger partial charge on any atom is 0.161 e. The summed E-state index contributed by atoms with van der Waals surface area (Å²) < 4.78 is 7.24. The number of hydrogen-bond donors (Lipinski definition) is 1. The number of nitrogens with two attached hydrogens (primary N) is 1. The second-order valence-corrected chi connectivity index (χ2v) is 5.13. The van der Waals surface area contributed by atoms with Crippen molar-refractivity contribution in [3.05, 3.63) is 29.6 Å². The van der Waals surface area contributed by atoms with Crippen LogP contribution in [0.2, 0.25) is 0 Å². The predicted molar refractivity (Wildman–Crippen MR) is 79.8 cm³/mol. The van der Waals surface area contributed by atoms with Crippen LogP contribution in [0.3, 0.4) is 0 Å². The molecule has 5 nitrogen and oxygen atoms in total. The fourth-order valence-electron chi connectivity index (χ4n) is 2.17. The Morgan fingerprint density at radius 1 is 1.35 bits per heavy atom. The molecule has 108 valence electrons. The van der Waals surface area contributed by atoms with E-state index in [4.69, 9.17) is 10.5 Å². The van der Waals surface area contributed by atoms with Crippen LogP contribution in [0.4, 0.5) is 0 Å². The Labute approximate surface area is 119 Å². The molecule has 0 fully saturated rings. The predicted octanol–water partition coefficient (Wildman–Crippen LogP) is 2.12. The third kappa shape index (κ3) is 2.82. The van der Waals surface area contributed by atoms with Crippen LogP contribution >= 0.6 is 0 Å². The lowest BCUT2D eigenvalue weighted by Gasteiger charge is -2.12. The molecule has 0 atom stereocenters. The Morgan fingerprint density at radius 3 is 2.70 bits per heavy atom. The molecule has 0 unspecified atom stereocenters. The van der Waals surface area contributed by atoms with Gasteiger partial charge in [0, 0.05) is 13.5 Å². The molecule has 0 aliphatic carbocycles. The van der Waals surface area contributed by atoms with E-state index in [0.717, 1.165) is 23.0 Å². The summed E-state index contributed by atoms with van der Waals surface area (Å²) in [4.78, 5) is 4.57. The number of rotatable bonds is 5. The molecule has 2 aromatic rings. The van der Waals surface area contributed by atoms with Crippen molar-refractivity contribution in [2.45, 2.75) is 26.2 Å². The smallest absolute Gasteiger partial charge is 0.161 e. The van der Waals surface area contributed by atoms with Crippen LogP contribution in [0.25, 0.3) is 11.4 Å². The third-order valence-electron chi connectivity index (χ3n) is 3.31. The highest BCUT2D eigenvalue weighted by molar-refractivity contribution is 5.65. The van der Waals surface area contributed by atoms with Gasteiger partial charge in [0.1, 0.15) is 5.75 Å². The van der Waals surface area contributed by atoms with Gasteiger partial charge in [-0.25, -0.2) is 9.67 Å². The third-order valence-corrected chi connectivity index (χ3v) is 3.31. The second kappa shape index (κ2) is 6.05. The Balaban J connectivity index is 2.52. The average molecular weight is 274 g/mol. The van der Waals surface area contributed by atoms with Gasteiger partial charge in [0.15, 0.2) is 11.6 Å². The number of benzene rings is 1. The molecule has 1 heterocycles. The van der Waals surface area contributed by atoms with Gasteiger partial charge in [-0.05, 0) is 30.2 Å². The highest BCUT2D eigenvalue weighted by Gasteiger charge is 2.15. The van der Waals surface area contributed by atoms with Crippen molar-refractivity contribution in [2.24, 2.45) is 12.8 Å². The molecule has 0 aliphatic rings. The van der Waals surface area contributed by atoms with E-state index in [1.807, 2.05) is 13.1 Å². The van der Waals surface area contributed by atoms with Gasteiger partial charge in [0.25, 0.3) is 0 Å². The highest BCUT2D eigenvalue weighted by atomic mass is 16.5. The lowest BCUT2D eigenvalue weighted by Crippen LogP contribution is -2.04. The number of aromatic nitrogens is 3. The summed E-state index contributed by atoms with van der Waals surface area (Å²) in [7, 11) is 3.56. The number of nitrogens with zero attached hydrogens (tertiary/aromatic N) is 3. The van der Waals surface area contributed by atoms with E-state index in [2.05, 4.69) is 36.1 Å². The standard InChI is InChI=1S/C15H22N4O/c1-10(2)11-5-6-13(20-4)12(9-11)15-17-14(7-8-16)18-19(15)3/h5-6,9-10H,7-8,16H2,1-4H3. The van der Waals surface area contributed by atoms with E-state index in [0.29, 0.717) is 18.9 Å². The van der Waals surface area contributed by atoms with Crippen molar-refractivity contribution in [1.29, 1.82) is 0 Å². The molecule has 0 amide bonds. The van der Waals surface area contributed by atoms with Crippen molar-refractivity contribution < 1.29 is 4.74 Å². The zero-order valence-electron chi connectivity index (χ0n) is 12.6. The van der Waals surface area contributed by atoms with E-state index in [9.17, 15) is 0 Å². The minimum absolute atomic E-state index is 0.455. The van der Waals surface area contributed by atoms with Gasteiger partial charge in [-0.15, -0.1) is 0 Å². The van der Waals surface area contributed by atoms with Crippen molar-refractivity contribution in [1.82, 2.24) is 14.8 Å². The van der Waals surface area contributed by atoms with E-state index < -0.39 is 0 Å². The summed E-state index contributed by atoms with van der Waals surface area (Å²) in [6.07, 6.45) is 0.681. The van der Waals surface area contributed by atoms with Gasteiger partial charge in [-0.3, -0.25) is 0 Å². The summed E-state index contributed by atoms with van der Waals surface area (Å²) in [6, 6.07) is 6.20. The van der Waals surface area contributed by atoms with Gasteiger partial charge < -0.3 is 10.5 Å². The summed E-state index contributed by atoms with van der Waals surface area (Å²) in [5.41, 5.74) is 7.79. The summed E-state index contributed by atoms with van der Waals surface area (Å²) in [5.74, 6) is 2.84. The van der Waals surface area contributed by atoms with Crippen LogP contribution in [0.15, 0.2) is 18.2 Å². The first kappa shape index (κ1) is 14.5. The molecule has 5 heteroatoms. The Kier molecular flexibility index (Phi) is 4.39. The van der Waals surface area contributed by atoms with E-state index in [1.165, 1.54) is 5.56 Å². The van der Waals surface area contributed by atoms with Crippen LogP contribution in [0.1, 0.15) is 31.2 Å². The summed E-state index contributed by atoms with van der Waals surface area (Å²) in [6.45, 7) is 4.89. The normalized spacial score (nSPS) is 11.1. The molecule has 1 aromatic carbocycles. The molecule has 1 aromatic heterocycles. The SMILES string of the molecule is COc1ccc(C(C)C)cc1-c1nc(CCN)nn1C. The number of aryl methyl sites for hydroxylation is 1. The van der Waals surface area contributed by atoms with E-state index >= 15 is 0 Å². The fraction of sp³-hybridized carbons (Fsp3) is 0.467. The molecule has 20 heavy (non-hydrogen) atoms. The Bertz CT molecular complexity index is 590. The van der Waals surface area contributed by atoms with Gasteiger partial charge >= 0.3 is 0 Å². The number of methoxy groups -OCH3 is 1. The monoisotopic (exact) mass is 274 g/mol. The van der Waals surface area contributed by atoms with Crippen molar-refractivity contribution >= 4 is 0 Å². The van der Waals surface area contributed by atoms with Gasteiger partial charge in [0.2, 0.25) is 0 Å². The molecule has 2 N–H and O–H groups in total. The molecule has 0 radical (unpaired) electrons. The van der Waals surface area contributed by atoms with E-state index in [-0.39, 0.29) is 0 Å². The summed E-state index contributed by atoms with van der Waals surface area (Å²) in [5, 5.41) is 4.40. The zero-order chi connectivity index (χ0) is 14.7. The first-order valence-corrected chi connectivity index (χ1v) is 6.85. The topological polar surface area (TPSA) is 66.0 Å². The van der Waals surface area contributed by atoms with Gasteiger partial charge in [0.05, 0.1) is 12.7 Å². The van der Waals surface area contributed by atoms with Crippen molar-refractivity contribution in [3.8, 4) is 17.1 Å². The van der Waals surface area contributed by atoms with Crippen LogP contribution < -0.4 is 10.5 Å². The highest BCUT2D eigenvalue weighted by Crippen LogP contribution is 2.31. The van der Waals surface area contributed by atoms with Crippen molar-refractivity contribution in [3.63, 3.8) is 0 Å². The lowest BCUT2D eigenvalue weighted by atomic mass is 10.00. The number of ether oxygens (including phenoxy) is 1. The number of hydrogen-bond acceptors (Lipinski definition) is 4. The molecular weight excluding hydrogens is 252 g/mol. The van der Waals surface area contributed by atoms with Gasteiger partial charge in [-0.1, -0.05) is 19.9 Å². The molecule has 0 saturated carbocycles. The van der Waals surface area contributed by atoms with Crippen molar-refractivity contribution in [2.75, 3.05) is 13.7 Å². The second-order valence-electron chi connectivity index (χ2n) is 5.13. The van der Waals surface area contributed by atoms with Crippen LogP contribution in [0.5, 0.6) is 5.75 Å². The first-order chi connectivity index (χ1) is 9.56. The van der Waals surface area contributed by atoms with E-state index in [1.54, 1.807) is 11.8 Å². The molecule has 0 saturated heterocycles. The minimum Gasteiger partial charge on any atom is -0.496 e. The maximum absolute atomic E-state index is 5.56. The van der Waals surface area contributed by atoms with Crippen LogP contribution in [-0.2, 0) is 13.5 Å². The minimum atomic E-state index is 0.455. The first-order valence-electron chi connectivity index (χ1n) is 6.85. The Hall–Kier alpha value is -1.88.